The van der Waals surface area contributed by atoms with Gasteiger partial charge in [-0.05, 0) is 26.2 Å². The zero-order chi connectivity index (χ0) is 18.2. The quantitative estimate of drug-likeness (QED) is 0.444. The number of aryl methyl sites for hydroxylation is 2. The number of aromatic nitrogens is 2. The van der Waals surface area contributed by atoms with Crippen LogP contribution in [0.2, 0.25) is 0 Å². The van der Waals surface area contributed by atoms with Crippen molar-refractivity contribution >= 4 is 11.9 Å². The van der Waals surface area contributed by atoms with Crippen LogP contribution >= 0.6 is 0 Å². The minimum absolute atomic E-state index is 0.0651. The second-order valence-electron chi connectivity index (χ2n) is 6.94. The van der Waals surface area contributed by atoms with Crippen molar-refractivity contribution in [2.45, 2.75) is 52.6 Å². The topological polar surface area (TPSA) is 74.6 Å². The molecular formula is C18H32N6O. The molecular weight excluding hydrogens is 316 g/mol. The number of carbonyl (C=O) groups excluding carboxylic acids is 1. The van der Waals surface area contributed by atoms with Crippen LogP contribution in [0, 0.1) is 12.8 Å². The molecule has 0 spiro atoms. The van der Waals surface area contributed by atoms with E-state index in [1.54, 1.807) is 7.05 Å². The molecule has 1 saturated heterocycles. The van der Waals surface area contributed by atoms with E-state index in [1.165, 1.54) is 0 Å². The van der Waals surface area contributed by atoms with Gasteiger partial charge in [-0.25, -0.2) is 4.98 Å². The van der Waals surface area contributed by atoms with Crippen molar-refractivity contribution in [3.63, 3.8) is 0 Å². The number of carbonyl (C=O) groups is 1. The molecule has 1 aliphatic heterocycles. The first-order valence-corrected chi connectivity index (χ1v) is 9.25. The first-order valence-electron chi connectivity index (χ1n) is 9.25. The lowest BCUT2D eigenvalue weighted by atomic mass is 10.2. The Hall–Kier alpha value is -2.05. The highest BCUT2D eigenvalue weighted by molar-refractivity contribution is 5.81. The van der Waals surface area contributed by atoms with Crippen molar-refractivity contribution < 1.29 is 4.79 Å². The number of hydrogen-bond donors (Lipinski definition) is 2. The van der Waals surface area contributed by atoms with Gasteiger partial charge in [0.25, 0.3) is 0 Å². The Morgan fingerprint density at radius 1 is 1.44 bits per heavy atom. The Bertz CT molecular complexity index is 580. The molecule has 0 aromatic carbocycles. The molecule has 2 rings (SSSR count). The molecule has 1 atom stereocenters. The zero-order valence-corrected chi connectivity index (χ0v) is 16.0. The second-order valence-corrected chi connectivity index (χ2v) is 6.94. The molecule has 7 heteroatoms. The fourth-order valence-corrected chi connectivity index (χ4v) is 3.09. The number of unbranched alkanes of at least 4 members (excludes halogenated alkanes) is 1. The molecule has 7 nitrogen and oxygen atoms in total. The van der Waals surface area contributed by atoms with Gasteiger partial charge >= 0.3 is 0 Å². The predicted octanol–water partition coefficient (Wildman–Crippen LogP) is 1.39. The first kappa shape index (κ1) is 19.3. The van der Waals surface area contributed by atoms with Gasteiger partial charge in [0.1, 0.15) is 5.82 Å². The van der Waals surface area contributed by atoms with Crippen LogP contribution in [-0.2, 0) is 11.3 Å². The largest absolute Gasteiger partial charge is 0.356 e. The van der Waals surface area contributed by atoms with E-state index in [9.17, 15) is 4.79 Å². The maximum absolute atomic E-state index is 12.1. The van der Waals surface area contributed by atoms with Crippen molar-refractivity contribution in [1.82, 2.24) is 25.1 Å². The van der Waals surface area contributed by atoms with Gasteiger partial charge in [0, 0.05) is 57.6 Å². The Morgan fingerprint density at radius 3 is 2.88 bits per heavy atom. The van der Waals surface area contributed by atoms with Gasteiger partial charge in [-0.3, -0.25) is 9.79 Å². The van der Waals surface area contributed by atoms with Gasteiger partial charge in [-0.15, -0.1) is 0 Å². The van der Waals surface area contributed by atoms with Crippen molar-refractivity contribution in [3.05, 3.63) is 18.2 Å². The number of likely N-dealkylation sites (tertiary alicyclic amines) is 1. The summed E-state index contributed by atoms with van der Waals surface area (Å²) < 4.78 is 2.17. The predicted molar refractivity (Wildman–Crippen MR) is 101 cm³/mol. The molecule has 1 aliphatic rings. The van der Waals surface area contributed by atoms with Crippen LogP contribution < -0.4 is 10.6 Å². The van der Waals surface area contributed by atoms with Crippen LogP contribution in [0.3, 0.4) is 0 Å². The van der Waals surface area contributed by atoms with Gasteiger partial charge < -0.3 is 20.1 Å². The molecule has 0 radical (unpaired) electrons. The van der Waals surface area contributed by atoms with E-state index in [-0.39, 0.29) is 17.9 Å². The summed E-state index contributed by atoms with van der Waals surface area (Å²) in [5.41, 5.74) is 0. The van der Waals surface area contributed by atoms with E-state index in [1.807, 2.05) is 38.1 Å². The average Bonchev–Trinajstić information content (AvgIpc) is 3.22. The van der Waals surface area contributed by atoms with Crippen LogP contribution in [0.4, 0.5) is 0 Å². The Morgan fingerprint density at radius 2 is 2.24 bits per heavy atom. The molecule has 25 heavy (non-hydrogen) atoms. The van der Waals surface area contributed by atoms with Crippen molar-refractivity contribution in [2.24, 2.45) is 10.9 Å². The number of nitrogens with one attached hydrogen (secondary N) is 2. The summed E-state index contributed by atoms with van der Waals surface area (Å²) in [4.78, 5) is 22.5. The number of nitrogens with zero attached hydrogens (tertiary/aromatic N) is 4. The Labute approximate surface area is 150 Å². The fraction of sp³-hybridized carbons (Fsp3) is 0.722. The highest BCUT2D eigenvalue weighted by Crippen LogP contribution is 2.12. The summed E-state index contributed by atoms with van der Waals surface area (Å²) in [6, 6.07) is 0.280. The maximum atomic E-state index is 12.1. The SMILES string of the molecule is CN=C(NCCCCn1ccnc1C)NC1CCN(C(=O)C(C)C)C1. The van der Waals surface area contributed by atoms with E-state index < -0.39 is 0 Å². The highest BCUT2D eigenvalue weighted by Gasteiger charge is 2.27. The van der Waals surface area contributed by atoms with Crippen LogP contribution in [0.1, 0.15) is 38.9 Å². The lowest BCUT2D eigenvalue weighted by Crippen LogP contribution is -2.45. The highest BCUT2D eigenvalue weighted by atomic mass is 16.2. The van der Waals surface area contributed by atoms with Gasteiger partial charge in [0.2, 0.25) is 5.91 Å². The van der Waals surface area contributed by atoms with Gasteiger partial charge in [0.15, 0.2) is 5.96 Å². The summed E-state index contributed by atoms with van der Waals surface area (Å²) in [6.45, 7) is 9.40. The number of hydrogen-bond acceptors (Lipinski definition) is 3. The van der Waals surface area contributed by atoms with Crippen molar-refractivity contribution in [2.75, 3.05) is 26.7 Å². The van der Waals surface area contributed by atoms with Gasteiger partial charge in [0.05, 0.1) is 0 Å². The fourth-order valence-electron chi connectivity index (χ4n) is 3.09. The summed E-state index contributed by atoms with van der Waals surface area (Å²) in [6.07, 6.45) is 7.00. The number of rotatable bonds is 7. The van der Waals surface area contributed by atoms with Gasteiger partial charge in [-0.2, -0.15) is 0 Å². The van der Waals surface area contributed by atoms with Crippen LogP contribution in [0.25, 0.3) is 0 Å². The molecule has 1 aromatic heterocycles. The average molecular weight is 348 g/mol. The van der Waals surface area contributed by atoms with E-state index >= 15 is 0 Å². The first-order chi connectivity index (χ1) is 12.0. The van der Waals surface area contributed by atoms with E-state index in [0.29, 0.717) is 0 Å². The van der Waals surface area contributed by atoms with E-state index in [4.69, 9.17) is 0 Å². The second kappa shape index (κ2) is 9.44. The number of imidazole rings is 1. The minimum atomic E-state index is 0.0651. The Balaban J connectivity index is 1.64. The number of aliphatic imine (C=N–C) groups is 1. The Kier molecular flexibility index (Phi) is 7.28. The van der Waals surface area contributed by atoms with Crippen LogP contribution in [-0.4, -0.2) is 59.0 Å². The third kappa shape index (κ3) is 5.76. The molecule has 1 aromatic rings. The van der Waals surface area contributed by atoms with E-state index in [0.717, 1.165) is 57.2 Å². The lowest BCUT2D eigenvalue weighted by Gasteiger charge is -2.20. The molecule has 2 heterocycles. The van der Waals surface area contributed by atoms with Crippen LogP contribution in [0.15, 0.2) is 17.4 Å². The molecule has 0 aliphatic carbocycles. The smallest absolute Gasteiger partial charge is 0.225 e. The number of guanidine groups is 1. The summed E-state index contributed by atoms with van der Waals surface area (Å²) in [5.74, 6) is 2.19. The lowest BCUT2D eigenvalue weighted by molar-refractivity contribution is -0.133. The van der Waals surface area contributed by atoms with Crippen LogP contribution in [0.5, 0.6) is 0 Å². The van der Waals surface area contributed by atoms with Gasteiger partial charge in [-0.1, -0.05) is 13.8 Å². The third-order valence-electron chi connectivity index (χ3n) is 4.60. The molecule has 140 valence electrons. The molecule has 1 unspecified atom stereocenters. The zero-order valence-electron chi connectivity index (χ0n) is 16.0. The monoisotopic (exact) mass is 348 g/mol. The summed E-state index contributed by atoms with van der Waals surface area (Å²) >= 11 is 0. The third-order valence-corrected chi connectivity index (χ3v) is 4.60. The molecule has 1 amide bonds. The molecule has 0 saturated carbocycles. The summed E-state index contributed by atoms with van der Waals surface area (Å²) in [7, 11) is 1.79. The molecule has 2 N–H and O–H groups in total. The summed E-state index contributed by atoms with van der Waals surface area (Å²) in [5, 5.41) is 6.80. The standard InChI is InChI=1S/C18H32N6O/c1-14(2)17(25)24-11-7-16(13-24)22-18(19-4)21-8-5-6-10-23-12-9-20-15(23)3/h9,12,14,16H,5-8,10-11,13H2,1-4H3,(H2,19,21,22). The van der Waals surface area contributed by atoms with Crippen molar-refractivity contribution in [1.29, 1.82) is 0 Å². The molecule has 0 bridgehead atoms. The normalized spacial score (nSPS) is 18.0. The van der Waals surface area contributed by atoms with E-state index in [2.05, 4.69) is 25.2 Å². The van der Waals surface area contributed by atoms with Crippen molar-refractivity contribution in [3.8, 4) is 0 Å². The maximum Gasteiger partial charge on any atom is 0.225 e. The minimum Gasteiger partial charge on any atom is -0.356 e. The number of amides is 1. The molecule has 1 fully saturated rings.